The highest BCUT2D eigenvalue weighted by Gasteiger charge is 2.66. The Morgan fingerprint density at radius 2 is 1.80 bits per heavy atom. The van der Waals surface area contributed by atoms with Gasteiger partial charge in [-0.15, -0.1) is 11.6 Å². The third-order valence-corrected chi connectivity index (χ3v) is 4.24. The quantitative estimate of drug-likeness (QED) is 0.616. The van der Waals surface area contributed by atoms with Crippen molar-refractivity contribution in [3.05, 3.63) is 0 Å². The lowest BCUT2D eigenvalue weighted by Gasteiger charge is -2.10. The molecule has 60 valence electrons. The summed E-state index contributed by atoms with van der Waals surface area (Å²) in [5.41, 5.74) is 0.389. The molecule has 2 unspecified atom stereocenters. The minimum Gasteiger partial charge on any atom is -0.396 e. The third kappa shape index (κ3) is 0.802. The van der Waals surface area contributed by atoms with Crippen molar-refractivity contribution < 1.29 is 5.11 Å². The molecule has 0 radical (unpaired) electrons. The van der Waals surface area contributed by atoms with Gasteiger partial charge in [0.25, 0.3) is 0 Å². The summed E-state index contributed by atoms with van der Waals surface area (Å²) < 4.78 is 0. The van der Waals surface area contributed by atoms with Crippen LogP contribution in [0.2, 0.25) is 0 Å². The second-order valence-electron chi connectivity index (χ2n) is 3.98. The Bertz CT molecular complexity index is 144. The number of aliphatic hydroxyl groups excluding tert-OH is 1. The van der Waals surface area contributed by atoms with E-state index in [1.165, 1.54) is 0 Å². The highest BCUT2D eigenvalue weighted by molar-refractivity contribution is 6.24. The lowest BCUT2D eigenvalue weighted by Crippen LogP contribution is -2.05. The second kappa shape index (κ2) is 2.12. The zero-order chi connectivity index (χ0) is 7.99. The largest absolute Gasteiger partial charge is 0.396 e. The van der Waals surface area contributed by atoms with Crippen molar-refractivity contribution in [1.82, 2.24) is 0 Å². The Hall–Kier alpha value is 0.250. The summed E-state index contributed by atoms with van der Waals surface area (Å²) in [5.74, 6) is 0. The molecule has 0 aromatic rings. The lowest BCUT2D eigenvalue weighted by molar-refractivity contribution is 0.236. The summed E-state index contributed by atoms with van der Waals surface area (Å²) in [7, 11) is 0. The maximum Gasteiger partial charge on any atom is 0.0452 e. The SMILES string of the molecule is CC1(C)C(Cl)C1(C)CCO. The fourth-order valence-electron chi connectivity index (χ4n) is 1.68. The van der Waals surface area contributed by atoms with Gasteiger partial charge in [0.2, 0.25) is 0 Å². The van der Waals surface area contributed by atoms with E-state index in [2.05, 4.69) is 20.8 Å². The third-order valence-electron chi connectivity index (χ3n) is 3.21. The van der Waals surface area contributed by atoms with E-state index in [-0.39, 0.29) is 22.8 Å². The van der Waals surface area contributed by atoms with Crippen LogP contribution < -0.4 is 0 Å². The zero-order valence-corrected chi connectivity index (χ0v) is 7.57. The van der Waals surface area contributed by atoms with Gasteiger partial charge < -0.3 is 5.11 Å². The van der Waals surface area contributed by atoms with E-state index in [0.29, 0.717) is 0 Å². The van der Waals surface area contributed by atoms with Crippen molar-refractivity contribution in [2.45, 2.75) is 32.6 Å². The van der Waals surface area contributed by atoms with Gasteiger partial charge in [-0.1, -0.05) is 20.8 Å². The summed E-state index contributed by atoms with van der Waals surface area (Å²) in [6.07, 6.45) is 0.828. The molecule has 1 fully saturated rings. The minimum absolute atomic E-state index is 0.170. The standard InChI is InChI=1S/C8H15ClO/c1-7(2)6(9)8(7,3)4-5-10/h6,10H,4-5H2,1-3H3. The van der Waals surface area contributed by atoms with E-state index in [1.807, 2.05) is 0 Å². The average Bonchev–Trinajstić information content (AvgIpc) is 2.17. The molecule has 1 nitrogen and oxygen atoms in total. The molecule has 0 spiro atoms. The Morgan fingerprint density at radius 1 is 1.40 bits per heavy atom. The molecule has 0 aromatic heterocycles. The average molecular weight is 163 g/mol. The van der Waals surface area contributed by atoms with Gasteiger partial charge in [0, 0.05) is 12.0 Å². The Labute approximate surface area is 67.4 Å². The van der Waals surface area contributed by atoms with Gasteiger partial charge in [-0.05, 0) is 17.3 Å². The smallest absolute Gasteiger partial charge is 0.0452 e. The highest BCUT2D eigenvalue weighted by Crippen LogP contribution is 2.68. The van der Waals surface area contributed by atoms with E-state index in [4.69, 9.17) is 16.7 Å². The summed E-state index contributed by atoms with van der Waals surface area (Å²) >= 11 is 6.05. The van der Waals surface area contributed by atoms with Crippen molar-refractivity contribution in [3.8, 4) is 0 Å². The van der Waals surface area contributed by atoms with Crippen LogP contribution in [0.3, 0.4) is 0 Å². The molecule has 1 aliphatic rings. The Kier molecular flexibility index (Phi) is 1.77. The maximum absolute atomic E-state index is 8.73. The first-order chi connectivity index (χ1) is 4.47. The van der Waals surface area contributed by atoms with Crippen molar-refractivity contribution in [2.24, 2.45) is 10.8 Å². The predicted molar refractivity (Wildman–Crippen MR) is 43.2 cm³/mol. The van der Waals surface area contributed by atoms with Gasteiger partial charge in [-0.25, -0.2) is 0 Å². The molecule has 1 N–H and O–H groups in total. The molecule has 1 aliphatic carbocycles. The van der Waals surface area contributed by atoms with E-state index in [1.54, 1.807) is 0 Å². The molecule has 0 bridgehead atoms. The van der Waals surface area contributed by atoms with Crippen LogP contribution in [0, 0.1) is 10.8 Å². The van der Waals surface area contributed by atoms with Crippen LogP contribution >= 0.6 is 11.6 Å². The van der Waals surface area contributed by atoms with E-state index in [9.17, 15) is 0 Å². The van der Waals surface area contributed by atoms with Gasteiger partial charge >= 0.3 is 0 Å². The Morgan fingerprint density at radius 3 is 1.90 bits per heavy atom. The first-order valence-electron chi connectivity index (χ1n) is 3.72. The molecular formula is C8H15ClO. The number of hydrogen-bond donors (Lipinski definition) is 1. The van der Waals surface area contributed by atoms with Crippen LogP contribution in [0.5, 0.6) is 0 Å². The first-order valence-corrected chi connectivity index (χ1v) is 4.15. The van der Waals surface area contributed by atoms with Crippen molar-refractivity contribution in [3.63, 3.8) is 0 Å². The normalized spacial score (nSPS) is 43.5. The molecule has 2 atom stereocenters. The topological polar surface area (TPSA) is 20.2 Å². The van der Waals surface area contributed by atoms with Crippen LogP contribution in [-0.2, 0) is 0 Å². The fourth-order valence-corrected chi connectivity index (χ4v) is 2.25. The molecule has 0 aromatic carbocycles. The number of hydrogen-bond acceptors (Lipinski definition) is 1. The molecule has 0 saturated heterocycles. The molecule has 0 amide bonds. The molecule has 10 heavy (non-hydrogen) atoms. The van der Waals surface area contributed by atoms with Crippen LogP contribution in [0.4, 0.5) is 0 Å². The molecular weight excluding hydrogens is 148 g/mol. The molecule has 2 heteroatoms. The zero-order valence-electron chi connectivity index (χ0n) is 6.82. The second-order valence-corrected chi connectivity index (χ2v) is 4.41. The van der Waals surface area contributed by atoms with E-state index < -0.39 is 0 Å². The minimum atomic E-state index is 0.170. The maximum atomic E-state index is 8.73. The van der Waals surface area contributed by atoms with Gasteiger partial charge in [-0.3, -0.25) is 0 Å². The fraction of sp³-hybridized carbons (Fsp3) is 1.00. The van der Waals surface area contributed by atoms with Crippen molar-refractivity contribution in [2.75, 3.05) is 6.61 Å². The predicted octanol–water partition coefficient (Wildman–Crippen LogP) is 2.02. The molecule has 1 saturated carbocycles. The molecule has 1 rings (SSSR count). The van der Waals surface area contributed by atoms with Gasteiger partial charge in [-0.2, -0.15) is 0 Å². The van der Waals surface area contributed by atoms with Crippen LogP contribution in [-0.4, -0.2) is 17.1 Å². The number of rotatable bonds is 2. The van der Waals surface area contributed by atoms with Gasteiger partial charge in [0.1, 0.15) is 0 Å². The summed E-state index contributed by atoms with van der Waals surface area (Å²) in [6, 6.07) is 0. The van der Waals surface area contributed by atoms with E-state index >= 15 is 0 Å². The van der Waals surface area contributed by atoms with Crippen LogP contribution in [0.15, 0.2) is 0 Å². The number of alkyl halides is 1. The molecule has 0 aliphatic heterocycles. The van der Waals surface area contributed by atoms with E-state index in [0.717, 1.165) is 6.42 Å². The summed E-state index contributed by atoms with van der Waals surface area (Å²) in [5, 5.41) is 8.98. The van der Waals surface area contributed by atoms with Crippen LogP contribution in [0.1, 0.15) is 27.2 Å². The van der Waals surface area contributed by atoms with Crippen molar-refractivity contribution in [1.29, 1.82) is 0 Å². The number of aliphatic hydroxyl groups is 1. The van der Waals surface area contributed by atoms with Gasteiger partial charge in [0.05, 0.1) is 0 Å². The first kappa shape index (κ1) is 8.35. The highest BCUT2D eigenvalue weighted by atomic mass is 35.5. The van der Waals surface area contributed by atoms with Crippen molar-refractivity contribution >= 4 is 11.6 Å². The van der Waals surface area contributed by atoms with Crippen LogP contribution in [0.25, 0.3) is 0 Å². The summed E-state index contributed by atoms with van der Waals surface area (Å²) in [4.78, 5) is 0. The Balaban J connectivity index is 2.59. The molecule has 0 heterocycles. The number of halogens is 1. The van der Waals surface area contributed by atoms with Gasteiger partial charge in [0.15, 0.2) is 0 Å². The monoisotopic (exact) mass is 162 g/mol. The summed E-state index contributed by atoms with van der Waals surface area (Å²) in [6.45, 7) is 6.70. The lowest BCUT2D eigenvalue weighted by atomic mass is 9.95.